The molecule has 1 atom stereocenters. The topological polar surface area (TPSA) is 38.7 Å². The molecule has 0 amide bonds. The van der Waals surface area contributed by atoms with Crippen molar-refractivity contribution in [1.82, 2.24) is 0 Å². The molecule has 20 heavy (non-hydrogen) atoms. The van der Waals surface area contributed by atoms with Crippen molar-refractivity contribution in [3.05, 3.63) is 23.8 Å². The molecule has 0 radical (unpaired) electrons. The molecule has 0 aliphatic heterocycles. The first kappa shape index (κ1) is 16.8. The molecule has 0 spiro atoms. The van der Waals surface area contributed by atoms with E-state index < -0.39 is 0 Å². The molecule has 1 rings (SSSR count). The summed E-state index contributed by atoms with van der Waals surface area (Å²) in [6.45, 7) is 9.01. The zero-order chi connectivity index (χ0) is 15.2. The summed E-state index contributed by atoms with van der Waals surface area (Å²) >= 11 is 0. The van der Waals surface area contributed by atoms with Gasteiger partial charge in [-0.25, -0.2) is 0 Å². The second-order valence-electron chi connectivity index (χ2n) is 6.31. The molecule has 0 aromatic heterocycles. The van der Waals surface area contributed by atoms with E-state index in [0.717, 1.165) is 36.3 Å². The number of rotatable bonds is 7. The van der Waals surface area contributed by atoms with E-state index in [0.29, 0.717) is 6.61 Å². The molecular weight excluding hydrogens is 252 g/mol. The molecule has 0 saturated carbocycles. The fourth-order valence-electron chi connectivity index (χ4n) is 2.07. The van der Waals surface area contributed by atoms with Crippen LogP contribution in [0.15, 0.2) is 18.2 Å². The molecule has 0 saturated heterocycles. The molecule has 0 bridgehead atoms. The quantitative estimate of drug-likeness (QED) is 0.769. The van der Waals surface area contributed by atoms with Crippen LogP contribution in [0.5, 0.6) is 11.5 Å². The second kappa shape index (κ2) is 7.53. The van der Waals surface area contributed by atoms with E-state index in [1.54, 1.807) is 7.11 Å². The zero-order valence-corrected chi connectivity index (χ0v) is 13.4. The summed E-state index contributed by atoms with van der Waals surface area (Å²) in [5.74, 6) is 1.78. The van der Waals surface area contributed by atoms with E-state index in [9.17, 15) is 5.11 Å². The maximum absolute atomic E-state index is 9.22. The predicted octanol–water partition coefficient (Wildman–Crippen LogP) is 3.92. The lowest BCUT2D eigenvalue weighted by molar-refractivity contribution is 0.176. The lowest BCUT2D eigenvalue weighted by Crippen LogP contribution is -2.14. The van der Waals surface area contributed by atoms with Crippen molar-refractivity contribution in [3.8, 4) is 11.5 Å². The van der Waals surface area contributed by atoms with Gasteiger partial charge in [-0.1, -0.05) is 20.8 Å². The van der Waals surface area contributed by atoms with Gasteiger partial charge in [0.15, 0.2) is 0 Å². The standard InChI is InChI=1S/C17H28O3/c1-13(18)8-6-7-11-20-16-10-9-14(19-5)12-15(16)17(2,3)4/h9-10,12-13,18H,6-8,11H2,1-5H3. The minimum Gasteiger partial charge on any atom is -0.497 e. The lowest BCUT2D eigenvalue weighted by Gasteiger charge is -2.23. The van der Waals surface area contributed by atoms with Crippen molar-refractivity contribution in [1.29, 1.82) is 0 Å². The fraction of sp³-hybridized carbons (Fsp3) is 0.647. The summed E-state index contributed by atoms with van der Waals surface area (Å²) < 4.78 is 11.2. The molecule has 1 unspecified atom stereocenters. The Morgan fingerprint density at radius 1 is 1.20 bits per heavy atom. The Morgan fingerprint density at radius 3 is 2.45 bits per heavy atom. The largest absolute Gasteiger partial charge is 0.497 e. The van der Waals surface area contributed by atoms with Crippen LogP contribution in [0.1, 0.15) is 52.5 Å². The molecule has 3 nitrogen and oxygen atoms in total. The number of aliphatic hydroxyl groups excluding tert-OH is 1. The summed E-state index contributed by atoms with van der Waals surface area (Å²) in [6, 6.07) is 5.96. The van der Waals surface area contributed by atoms with Gasteiger partial charge in [0, 0.05) is 5.56 Å². The monoisotopic (exact) mass is 280 g/mol. The number of hydrogen-bond donors (Lipinski definition) is 1. The molecule has 0 aliphatic rings. The molecule has 1 aromatic carbocycles. The van der Waals surface area contributed by atoms with Gasteiger partial charge in [0.25, 0.3) is 0 Å². The Labute approximate surface area is 122 Å². The second-order valence-corrected chi connectivity index (χ2v) is 6.31. The first-order valence-electron chi connectivity index (χ1n) is 7.34. The Balaban J connectivity index is 2.65. The molecule has 0 fully saturated rings. The lowest BCUT2D eigenvalue weighted by atomic mass is 9.86. The summed E-state index contributed by atoms with van der Waals surface area (Å²) in [5.41, 5.74) is 1.18. The van der Waals surface area contributed by atoms with Crippen LogP contribution in [0, 0.1) is 0 Å². The van der Waals surface area contributed by atoms with Crippen LogP contribution in [0.3, 0.4) is 0 Å². The van der Waals surface area contributed by atoms with Gasteiger partial charge in [0.1, 0.15) is 11.5 Å². The average Bonchev–Trinajstić information content (AvgIpc) is 2.37. The van der Waals surface area contributed by atoms with Crippen molar-refractivity contribution in [2.24, 2.45) is 0 Å². The number of benzene rings is 1. The SMILES string of the molecule is COc1ccc(OCCCCC(C)O)c(C(C)(C)C)c1. The average molecular weight is 280 g/mol. The van der Waals surface area contributed by atoms with Gasteiger partial charge in [0.2, 0.25) is 0 Å². The van der Waals surface area contributed by atoms with E-state index in [1.807, 2.05) is 25.1 Å². The van der Waals surface area contributed by atoms with Gasteiger partial charge in [-0.2, -0.15) is 0 Å². The fourth-order valence-corrected chi connectivity index (χ4v) is 2.07. The molecule has 3 heteroatoms. The Bertz CT molecular complexity index is 405. The molecule has 1 N–H and O–H groups in total. The first-order valence-corrected chi connectivity index (χ1v) is 7.34. The third-order valence-electron chi connectivity index (χ3n) is 3.27. The van der Waals surface area contributed by atoms with Crippen LogP contribution in [0.4, 0.5) is 0 Å². The van der Waals surface area contributed by atoms with Gasteiger partial charge in [-0.15, -0.1) is 0 Å². The maximum atomic E-state index is 9.22. The van der Waals surface area contributed by atoms with E-state index in [4.69, 9.17) is 9.47 Å². The minimum absolute atomic E-state index is 0.0173. The van der Waals surface area contributed by atoms with E-state index in [1.165, 1.54) is 0 Å². The van der Waals surface area contributed by atoms with Gasteiger partial charge in [-0.05, 0) is 49.8 Å². The predicted molar refractivity (Wildman–Crippen MR) is 82.7 cm³/mol. The van der Waals surface area contributed by atoms with Crippen molar-refractivity contribution in [3.63, 3.8) is 0 Å². The van der Waals surface area contributed by atoms with Crippen LogP contribution < -0.4 is 9.47 Å². The van der Waals surface area contributed by atoms with E-state index in [2.05, 4.69) is 20.8 Å². The highest BCUT2D eigenvalue weighted by Crippen LogP contribution is 2.34. The minimum atomic E-state index is -0.221. The van der Waals surface area contributed by atoms with E-state index >= 15 is 0 Å². The summed E-state index contributed by atoms with van der Waals surface area (Å²) in [5, 5.41) is 9.22. The molecular formula is C17H28O3. The van der Waals surface area contributed by atoms with Crippen molar-refractivity contribution in [2.45, 2.75) is 58.5 Å². The third kappa shape index (κ3) is 5.41. The first-order chi connectivity index (χ1) is 9.34. The summed E-state index contributed by atoms with van der Waals surface area (Å²) in [4.78, 5) is 0. The zero-order valence-electron chi connectivity index (χ0n) is 13.4. The van der Waals surface area contributed by atoms with Crippen LogP contribution in [0.2, 0.25) is 0 Å². The molecule has 0 heterocycles. The van der Waals surface area contributed by atoms with Crippen molar-refractivity contribution in [2.75, 3.05) is 13.7 Å². The molecule has 114 valence electrons. The highest BCUT2D eigenvalue weighted by molar-refractivity contribution is 5.44. The summed E-state index contributed by atoms with van der Waals surface area (Å²) in [7, 11) is 1.68. The third-order valence-corrected chi connectivity index (χ3v) is 3.27. The number of aliphatic hydroxyl groups is 1. The molecule has 0 aliphatic carbocycles. The number of unbranched alkanes of at least 4 members (excludes halogenated alkanes) is 1. The van der Waals surface area contributed by atoms with Crippen LogP contribution in [0.25, 0.3) is 0 Å². The van der Waals surface area contributed by atoms with Crippen LogP contribution in [-0.2, 0) is 5.41 Å². The van der Waals surface area contributed by atoms with Gasteiger partial charge >= 0.3 is 0 Å². The van der Waals surface area contributed by atoms with Gasteiger partial charge < -0.3 is 14.6 Å². The number of methoxy groups -OCH3 is 1. The maximum Gasteiger partial charge on any atom is 0.123 e. The van der Waals surface area contributed by atoms with Crippen molar-refractivity contribution >= 4 is 0 Å². The Kier molecular flexibility index (Phi) is 6.34. The highest BCUT2D eigenvalue weighted by atomic mass is 16.5. The number of hydrogen-bond acceptors (Lipinski definition) is 3. The Morgan fingerprint density at radius 2 is 1.90 bits per heavy atom. The summed E-state index contributed by atoms with van der Waals surface area (Å²) in [6.07, 6.45) is 2.55. The molecule has 1 aromatic rings. The normalized spacial score (nSPS) is 13.1. The smallest absolute Gasteiger partial charge is 0.123 e. The number of ether oxygens (including phenoxy) is 2. The van der Waals surface area contributed by atoms with Crippen molar-refractivity contribution < 1.29 is 14.6 Å². The van der Waals surface area contributed by atoms with Gasteiger partial charge in [-0.3, -0.25) is 0 Å². The van der Waals surface area contributed by atoms with E-state index in [-0.39, 0.29) is 11.5 Å². The van der Waals surface area contributed by atoms with Crippen LogP contribution >= 0.6 is 0 Å². The van der Waals surface area contributed by atoms with Crippen LogP contribution in [-0.4, -0.2) is 24.9 Å². The Hall–Kier alpha value is -1.22. The highest BCUT2D eigenvalue weighted by Gasteiger charge is 2.19. The van der Waals surface area contributed by atoms with Gasteiger partial charge in [0.05, 0.1) is 19.8 Å².